The van der Waals surface area contributed by atoms with Gasteiger partial charge in [0, 0.05) is 35.7 Å². The van der Waals surface area contributed by atoms with Gasteiger partial charge in [0.1, 0.15) is 11.6 Å². The van der Waals surface area contributed by atoms with Crippen molar-refractivity contribution in [3.63, 3.8) is 0 Å². The maximum atomic E-state index is 11.9. The average Bonchev–Trinajstić information content (AvgIpc) is 3.12. The van der Waals surface area contributed by atoms with Crippen molar-refractivity contribution in [2.75, 3.05) is 25.1 Å². The van der Waals surface area contributed by atoms with Crippen LogP contribution in [0.2, 0.25) is 0 Å². The van der Waals surface area contributed by atoms with Crippen molar-refractivity contribution in [1.82, 2.24) is 15.0 Å². The molecule has 0 saturated carbocycles. The molecule has 2 atom stereocenters. The van der Waals surface area contributed by atoms with E-state index in [-0.39, 0.29) is 17.7 Å². The predicted octanol–water partition coefficient (Wildman–Crippen LogP) is 2.05. The van der Waals surface area contributed by atoms with Crippen LogP contribution in [0.25, 0.3) is 11.4 Å². The van der Waals surface area contributed by atoms with Gasteiger partial charge < -0.3 is 19.8 Å². The minimum absolute atomic E-state index is 0.119. The summed E-state index contributed by atoms with van der Waals surface area (Å²) < 4.78 is 11.1. The highest BCUT2D eigenvalue weighted by atomic mass is 16.5. The highest BCUT2D eigenvalue weighted by Gasteiger charge is 2.17. The van der Waals surface area contributed by atoms with Gasteiger partial charge in [-0.05, 0) is 39.3 Å². The summed E-state index contributed by atoms with van der Waals surface area (Å²) in [4.78, 5) is 23.5. The molecule has 1 fully saturated rings. The fraction of sp³-hybridized carbons (Fsp3) is 0.500. The molecule has 1 aliphatic heterocycles. The number of H-pyrrole nitrogens is 1. The van der Waals surface area contributed by atoms with Crippen molar-refractivity contribution in [3.05, 3.63) is 39.9 Å². The fourth-order valence-electron chi connectivity index (χ4n) is 2.62. The Balaban J connectivity index is 1.61. The second-order valence-corrected chi connectivity index (χ2v) is 6.42. The number of ether oxygens (including phenoxy) is 2. The van der Waals surface area contributed by atoms with E-state index in [1.165, 1.54) is 0 Å². The molecule has 0 amide bonds. The van der Waals surface area contributed by atoms with Gasteiger partial charge in [-0.25, -0.2) is 9.97 Å². The molecule has 7 heteroatoms. The van der Waals surface area contributed by atoms with E-state index < -0.39 is 0 Å². The van der Waals surface area contributed by atoms with Crippen LogP contribution >= 0.6 is 0 Å². The number of anilines is 1. The monoisotopic (exact) mass is 344 g/mol. The Morgan fingerprint density at radius 3 is 2.92 bits per heavy atom. The standard InChI is InChI=1S/C18H24N4O3/c1-11(9-25-15-6-7-24-10-15)20-16-5-4-14(8-19-16)17-21-13(3)12(2)18(23)22-17/h4-5,8,11,15H,6-7,9-10H2,1-3H3,(H,19,20)(H,21,22,23). The summed E-state index contributed by atoms with van der Waals surface area (Å²) in [5.41, 5.74) is 2.02. The van der Waals surface area contributed by atoms with E-state index in [4.69, 9.17) is 9.47 Å². The van der Waals surface area contributed by atoms with Crippen LogP contribution in [-0.2, 0) is 9.47 Å². The van der Waals surface area contributed by atoms with Crippen molar-refractivity contribution in [3.8, 4) is 11.4 Å². The number of nitrogens with one attached hydrogen (secondary N) is 2. The topological polar surface area (TPSA) is 89.1 Å². The normalized spacial score (nSPS) is 18.3. The minimum atomic E-state index is -0.119. The zero-order valence-corrected chi connectivity index (χ0v) is 14.8. The lowest BCUT2D eigenvalue weighted by atomic mass is 10.2. The quantitative estimate of drug-likeness (QED) is 0.834. The lowest BCUT2D eigenvalue weighted by Gasteiger charge is -2.17. The van der Waals surface area contributed by atoms with Crippen LogP contribution in [0.15, 0.2) is 23.1 Å². The molecule has 0 bridgehead atoms. The third-order valence-electron chi connectivity index (χ3n) is 4.30. The average molecular weight is 344 g/mol. The smallest absolute Gasteiger partial charge is 0.254 e. The number of hydrogen-bond acceptors (Lipinski definition) is 6. The van der Waals surface area contributed by atoms with Crippen molar-refractivity contribution < 1.29 is 9.47 Å². The Morgan fingerprint density at radius 2 is 2.28 bits per heavy atom. The Hall–Kier alpha value is -2.25. The van der Waals surface area contributed by atoms with E-state index in [9.17, 15) is 4.79 Å². The Labute approximate surface area is 146 Å². The van der Waals surface area contributed by atoms with Gasteiger partial charge in [-0.15, -0.1) is 0 Å². The SMILES string of the molecule is Cc1nc(-c2ccc(NC(C)COC3CCOC3)nc2)[nH]c(=O)c1C. The van der Waals surface area contributed by atoms with Gasteiger partial charge in [0.2, 0.25) is 0 Å². The van der Waals surface area contributed by atoms with Gasteiger partial charge >= 0.3 is 0 Å². The highest BCUT2D eigenvalue weighted by molar-refractivity contribution is 5.56. The van der Waals surface area contributed by atoms with Crippen molar-refractivity contribution >= 4 is 5.82 Å². The predicted molar refractivity (Wildman–Crippen MR) is 95.8 cm³/mol. The number of pyridine rings is 1. The first-order chi connectivity index (χ1) is 12.0. The second kappa shape index (κ2) is 7.76. The molecule has 2 aromatic rings. The molecular weight excluding hydrogens is 320 g/mol. The molecule has 0 radical (unpaired) electrons. The minimum Gasteiger partial charge on any atom is -0.379 e. The maximum absolute atomic E-state index is 11.9. The number of aryl methyl sites for hydroxylation is 1. The van der Waals surface area contributed by atoms with Crippen LogP contribution in [0.3, 0.4) is 0 Å². The summed E-state index contributed by atoms with van der Waals surface area (Å²) in [5, 5.41) is 3.31. The number of hydrogen-bond donors (Lipinski definition) is 2. The van der Waals surface area contributed by atoms with Crippen LogP contribution in [-0.4, -0.2) is 46.9 Å². The maximum Gasteiger partial charge on any atom is 0.254 e. The zero-order chi connectivity index (χ0) is 17.8. The largest absolute Gasteiger partial charge is 0.379 e. The second-order valence-electron chi connectivity index (χ2n) is 6.42. The molecular formula is C18H24N4O3. The van der Waals surface area contributed by atoms with Crippen molar-refractivity contribution in [2.45, 2.75) is 39.3 Å². The number of aromatic nitrogens is 3. The van der Waals surface area contributed by atoms with E-state index in [1.807, 2.05) is 26.0 Å². The summed E-state index contributed by atoms with van der Waals surface area (Å²) in [5.74, 6) is 1.29. The molecule has 0 aromatic carbocycles. The molecule has 134 valence electrons. The van der Waals surface area contributed by atoms with Crippen LogP contribution in [0.1, 0.15) is 24.6 Å². The summed E-state index contributed by atoms with van der Waals surface area (Å²) in [6, 6.07) is 3.90. The van der Waals surface area contributed by atoms with Gasteiger partial charge in [0.05, 0.1) is 19.3 Å². The molecule has 1 aliphatic rings. The number of nitrogens with zero attached hydrogens (tertiary/aromatic N) is 2. The summed E-state index contributed by atoms with van der Waals surface area (Å²) in [6.07, 6.45) is 2.86. The first-order valence-corrected chi connectivity index (χ1v) is 8.53. The molecule has 0 aliphatic carbocycles. The van der Waals surface area contributed by atoms with Gasteiger partial charge in [-0.3, -0.25) is 4.79 Å². The van der Waals surface area contributed by atoms with Gasteiger partial charge in [-0.2, -0.15) is 0 Å². The zero-order valence-electron chi connectivity index (χ0n) is 14.8. The number of rotatable bonds is 6. The van der Waals surface area contributed by atoms with Crippen LogP contribution in [0.4, 0.5) is 5.82 Å². The molecule has 7 nitrogen and oxygen atoms in total. The Bertz CT molecular complexity index is 767. The third kappa shape index (κ3) is 4.43. The lowest BCUT2D eigenvalue weighted by molar-refractivity contribution is 0.0395. The van der Waals surface area contributed by atoms with E-state index in [0.717, 1.165) is 30.1 Å². The van der Waals surface area contributed by atoms with Gasteiger partial charge in [-0.1, -0.05) is 0 Å². The number of aromatic amines is 1. The van der Waals surface area contributed by atoms with Crippen molar-refractivity contribution in [2.24, 2.45) is 0 Å². The molecule has 3 rings (SSSR count). The molecule has 2 N–H and O–H groups in total. The highest BCUT2D eigenvalue weighted by Crippen LogP contribution is 2.16. The Kier molecular flexibility index (Phi) is 5.45. The first-order valence-electron chi connectivity index (χ1n) is 8.53. The van der Waals surface area contributed by atoms with Gasteiger partial charge in [0.25, 0.3) is 5.56 Å². The molecule has 0 spiro atoms. The summed E-state index contributed by atoms with van der Waals surface area (Å²) in [6.45, 7) is 7.70. The molecule has 3 heterocycles. The third-order valence-corrected chi connectivity index (χ3v) is 4.30. The van der Waals surface area contributed by atoms with Gasteiger partial charge in [0.15, 0.2) is 0 Å². The molecule has 25 heavy (non-hydrogen) atoms. The van der Waals surface area contributed by atoms with E-state index in [1.54, 1.807) is 13.1 Å². The van der Waals surface area contributed by atoms with Crippen LogP contribution < -0.4 is 10.9 Å². The Morgan fingerprint density at radius 1 is 1.44 bits per heavy atom. The van der Waals surface area contributed by atoms with E-state index >= 15 is 0 Å². The van der Waals surface area contributed by atoms with Crippen LogP contribution in [0.5, 0.6) is 0 Å². The lowest BCUT2D eigenvalue weighted by Crippen LogP contribution is -2.26. The fourth-order valence-corrected chi connectivity index (χ4v) is 2.62. The van der Waals surface area contributed by atoms with E-state index in [2.05, 4.69) is 20.3 Å². The molecule has 2 aromatic heterocycles. The molecule has 1 saturated heterocycles. The van der Waals surface area contributed by atoms with E-state index in [0.29, 0.717) is 24.6 Å². The molecule has 2 unspecified atom stereocenters. The first kappa shape index (κ1) is 17.6. The van der Waals surface area contributed by atoms with Crippen LogP contribution in [0, 0.1) is 13.8 Å². The summed E-state index contributed by atoms with van der Waals surface area (Å²) in [7, 11) is 0. The summed E-state index contributed by atoms with van der Waals surface area (Å²) >= 11 is 0. The van der Waals surface area contributed by atoms with Crippen molar-refractivity contribution in [1.29, 1.82) is 0 Å².